The van der Waals surface area contributed by atoms with Gasteiger partial charge in [0.05, 0.1) is 21.2 Å². The van der Waals surface area contributed by atoms with E-state index in [4.69, 9.17) is 9.97 Å². The van der Waals surface area contributed by atoms with Crippen LogP contribution in [0.15, 0.2) is 204 Å². The molecule has 4 nitrogen and oxygen atoms in total. The molecule has 0 radical (unpaired) electrons. The highest BCUT2D eigenvalue weighted by Crippen LogP contribution is 2.54. The van der Waals surface area contributed by atoms with E-state index in [0.29, 0.717) is 17.0 Å². The molecule has 0 bridgehead atoms. The molecule has 1 aliphatic heterocycles. The molecular formula is C55H38N2O2S. The van der Waals surface area contributed by atoms with Gasteiger partial charge in [-0.2, -0.15) is 0 Å². The van der Waals surface area contributed by atoms with Crippen LogP contribution >= 0.6 is 0 Å². The third-order valence-electron chi connectivity index (χ3n) is 12.3. The van der Waals surface area contributed by atoms with Crippen LogP contribution in [0.25, 0.3) is 89.5 Å². The summed E-state index contributed by atoms with van der Waals surface area (Å²) in [6.07, 6.45) is 0. The van der Waals surface area contributed by atoms with Gasteiger partial charge in [0.25, 0.3) is 0 Å². The summed E-state index contributed by atoms with van der Waals surface area (Å²) >= 11 is 0. The van der Waals surface area contributed by atoms with Gasteiger partial charge < -0.3 is 0 Å². The average Bonchev–Trinajstić information content (AvgIpc) is 3.53. The van der Waals surface area contributed by atoms with Crippen LogP contribution in [0.4, 0.5) is 0 Å². The fourth-order valence-corrected chi connectivity index (χ4v) is 11.0. The number of fused-ring (bicyclic) bond motifs is 12. The minimum Gasteiger partial charge on any atom is -0.228 e. The molecule has 286 valence electrons. The standard InChI is InChI=1S/C55H38N2O2S/c1-55(2)48-27-15-13-25-43(48)46-32-47-45-31-37(54-56-50(35-17-5-3-6-18-35)34-51(57-54)36-19-7-4-8-20-36)29-30-42(45)40-23-10-9-21-38(40)39-22-11-12-24-41(39)44-26-14-16-28-52(44)60(58,59)53(47)33-49(46)55/h3-34H,1-2H3. The van der Waals surface area contributed by atoms with Crippen LogP contribution in [0.1, 0.15) is 25.0 Å². The maximum absolute atomic E-state index is 15.8. The second-order valence-electron chi connectivity index (χ2n) is 16.1. The largest absolute Gasteiger partial charge is 0.228 e. The van der Waals surface area contributed by atoms with E-state index in [9.17, 15) is 0 Å². The van der Waals surface area contributed by atoms with Crippen molar-refractivity contribution in [2.45, 2.75) is 29.1 Å². The van der Waals surface area contributed by atoms with E-state index in [2.05, 4.69) is 117 Å². The highest BCUT2D eigenvalue weighted by atomic mass is 32.2. The monoisotopic (exact) mass is 790 g/mol. The second-order valence-corrected chi connectivity index (χ2v) is 18.0. The van der Waals surface area contributed by atoms with Crippen molar-refractivity contribution in [2.24, 2.45) is 0 Å². The lowest BCUT2D eigenvalue weighted by Gasteiger charge is -2.24. The second kappa shape index (κ2) is 13.7. The van der Waals surface area contributed by atoms with Gasteiger partial charge in [0, 0.05) is 33.2 Å². The summed E-state index contributed by atoms with van der Waals surface area (Å²) in [5.74, 6) is 0.549. The average molecular weight is 791 g/mol. The molecule has 0 amide bonds. The van der Waals surface area contributed by atoms with Crippen molar-refractivity contribution < 1.29 is 8.42 Å². The van der Waals surface area contributed by atoms with Gasteiger partial charge in [-0.15, -0.1) is 0 Å². The van der Waals surface area contributed by atoms with Gasteiger partial charge in [-0.05, 0) is 86.0 Å². The molecule has 1 aromatic heterocycles. The zero-order chi connectivity index (χ0) is 40.6. The van der Waals surface area contributed by atoms with Gasteiger partial charge in [-0.25, -0.2) is 18.4 Å². The molecule has 0 N–H and O–H groups in total. The van der Waals surface area contributed by atoms with Crippen LogP contribution in [-0.2, 0) is 15.3 Å². The van der Waals surface area contributed by atoms with E-state index in [-0.39, 0.29) is 9.79 Å². The van der Waals surface area contributed by atoms with Crippen molar-refractivity contribution in [3.8, 4) is 89.5 Å². The first kappa shape index (κ1) is 35.9. The molecule has 8 aromatic carbocycles. The van der Waals surface area contributed by atoms with Crippen LogP contribution in [-0.4, -0.2) is 18.4 Å². The van der Waals surface area contributed by atoms with Crippen LogP contribution in [0.3, 0.4) is 0 Å². The molecule has 5 heteroatoms. The van der Waals surface area contributed by atoms with Crippen LogP contribution in [0.2, 0.25) is 0 Å². The fourth-order valence-electron chi connectivity index (χ4n) is 9.34. The molecule has 11 rings (SSSR count). The lowest BCUT2D eigenvalue weighted by atomic mass is 9.81. The third-order valence-corrected chi connectivity index (χ3v) is 14.2. The first-order valence-corrected chi connectivity index (χ1v) is 21.7. The van der Waals surface area contributed by atoms with E-state index < -0.39 is 15.3 Å². The molecule has 0 fully saturated rings. The number of aromatic nitrogens is 2. The van der Waals surface area contributed by atoms with Crippen molar-refractivity contribution in [2.75, 3.05) is 0 Å². The Labute approximate surface area is 350 Å². The minimum atomic E-state index is -4.14. The van der Waals surface area contributed by atoms with Crippen molar-refractivity contribution >= 4 is 9.84 Å². The normalized spacial score (nSPS) is 13.9. The van der Waals surface area contributed by atoms with E-state index in [1.165, 1.54) is 5.56 Å². The highest BCUT2D eigenvalue weighted by molar-refractivity contribution is 7.91. The quantitative estimate of drug-likeness (QED) is 0.179. The van der Waals surface area contributed by atoms with Crippen molar-refractivity contribution in [3.63, 3.8) is 0 Å². The third kappa shape index (κ3) is 5.61. The molecular weight excluding hydrogens is 753 g/mol. The van der Waals surface area contributed by atoms with Crippen LogP contribution < -0.4 is 0 Å². The molecule has 0 atom stereocenters. The maximum Gasteiger partial charge on any atom is 0.207 e. The van der Waals surface area contributed by atoms with Crippen LogP contribution in [0.5, 0.6) is 0 Å². The minimum absolute atomic E-state index is 0.272. The Balaban J connectivity index is 1.27. The smallest absolute Gasteiger partial charge is 0.207 e. The summed E-state index contributed by atoms with van der Waals surface area (Å²) in [5.41, 5.74) is 15.1. The molecule has 0 spiro atoms. The fraction of sp³-hybridized carbons (Fsp3) is 0.0545. The summed E-state index contributed by atoms with van der Waals surface area (Å²) < 4.78 is 31.5. The van der Waals surface area contributed by atoms with Gasteiger partial charge >= 0.3 is 0 Å². The molecule has 9 aromatic rings. The number of nitrogens with zero attached hydrogens (tertiary/aromatic N) is 2. The van der Waals surface area contributed by atoms with E-state index >= 15 is 8.42 Å². The molecule has 2 aliphatic rings. The van der Waals surface area contributed by atoms with Crippen molar-refractivity contribution in [3.05, 3.63) is 205 Å². The Bertz CT molecular complexity index is 3240. The van der Waals surface area contributed by atoms with E-state index in [0.717, 1.165) is 78.1 Å². The first-order valence-electron chi connectivity index (χ1n) is 20.2. The molecule has 0 saturated carbocycles. The Morgan fingerprint density at radius 2 is 0.833 bits per heavy atom. The van der Waals surface area contributed by atoms with Gasteiger partial charge in [-0.1, -0.05) is 178 Å². The van der Waals surface area contributed by atoms with Gasteiger partial charge in [0.15, 0.2) is 5.82 Å². The predicted octanol–water partition coefficient (Wildman–Crippen LogP) is 13.6. The summed E-state index contributed by atoms with van der Waals surface area (Å²) in [4.78, 5) is 11.0. The SMILES string of the molecule is CC1(C)c2ccccc2-c2cc3c(cc21)S(=O)(=O)c1ccccc1-c1ccccc1-c1ccccc1-c1ccc(-c2nc(-c4ccccc4)cc(-c4ccccc4)n2)cc1-3. The zero-order valence-electron chi connectivity index (χ0n) is 33.1. The summed E-state index contributed by atoms with van der Waals surface area (Å²) in [6, 6.07) is 65.2. The molecule has 60 heavy (non-hydrogen) atoms. The number of sulfone groups is 1. The first-order chi connectivity index (χ1) is 29.3. The number of hydrogen-bond acceptors (Lipinski definition) is 4. The predicted molar refractivity (Wildman–Crippen MR) is 243 cm³/mol. The van der Waals surface area contributed by atoms with E-state index in [1.54, 1.807) is 6.07 Å². The van der Waals surface area contributed by atoms with Crippen molar-refractivity contribution in [1.29, 1.82) is 0 Å². The molecule has 1 aliphatic carbocycles. The Morgan fingerprint density at radius 1 is 0.350 bits per heavy atom. The van der Waals surface area contributed by atoms with E-state index in [1.807, 2.05) is 84.9 Å². The summed E-state index contributed by atoms with van der Waals surface area (Å²) in [6.45, 7) is 4.38. The lowest BCUT2D eigenvalue weighted by Crippen LogP contribution is -2.16. The summed E-state index contributed by atoms with van der Waals surface area (Å²) in [5, 5.41) is 0. The highest BCUT2D eigenvalue weighted by Gasteiger charge is 2.39. The zero-order valence-corrected chi connectivity index (χ0v) is 33.9. The number of hydrogen-bond donors (Lipinski definition) is 0. The number of benzene rings is 8. The lowest BCUT2D eigenvalue weighted by molar-refractivity contribution is 0.596. The molecule has 0 unspecified atom stereocenters. The number of rotatable bonds is 3. The summed E-state index contributed by atoms with van der Waals surface area (Å²) in [7, 11) is -4.14. The topological polar surface area (TPSA) is 59.9 Å². The van der Waals surface area contributed by atoms with Crippen LogP contribution in [0, 0.1) is 0 Å². The maximum atomic E-state index is 15.8. The Morgan fingerprint density at radius 3 is 1.43 bits per heavy atom. The van der Waals surface area contributed by atoms with Crippen molar-refractivity contribution in [1.82, 2.24) is 9.97 Å². The van der Waals surface area contributed by atoms with Gasteiger partial charge in [0.2, 0.25) is 9.84 Å². The molecule has 0 saturated heterocycles. The van der Waals surface area contributed by atoms with Gasteiger partial charge in [0.1, 0.15) is 0 Å². The van der Waals surface area contributed by atoms with Gasteiger partial charge in [-0.3, -0.25) is 0 Å². The Hall–Kier alpha value is -7.21. The molecule has 2 heterocycles. The Kier molecular flexibility index (Phi) is 8.19.